The molecule has 2 rings (SSSR count). The summed E-state index contributed by atoms with van der Waals surface area (Å²) in [6.07, 6.45) is 2.25. The van der Waals surface area contributed by atoms with Gasteiger partial charge in [-0.3, -0.25) is 9.79 Å². The molecular formula is C18H22Cl2N4O2. The first kappa shape index (κ1) is 20.1. The summed E-state index contributed by atoms with van der Waals surface area (Å²) in [7, 11) is 1.69. The summed E-state index contributed by atoms with van der Waals surface area (Å²) in [5.41, 5.74) is 1.76. The third-order valence-electron chi connectivity index (χ3n) is 3.68. The van der Waals surface area contributed by atoms with Gasteiger partial charge in [0.05, 0.1) is 6.26 Å². The van der Waals surface area contributed by atoms with Crippen LogP contribution in [0.2, 0.25) is 10.0 Å². The van der Waals surface area contributed by atoms with Gasteiger partial charge < -0.3 is 20.4 Å². The third-order valence-corrected chi connectivity index (χ3v) is 4.27. The second-order valence-corrected chi connectivity index (χ2v) is 6.47. The fraction of sp³-hybridized carbons (Fsp3) is 0.333. The molecule has 1 aromatic heterocycles. The van der Waals surface area contributed by atoms with Crippen LogP contribution in [0.5, 0.6) is 0 Å². The minimum atomic E-state index is -0.201. The van der Waals surface area contributed by atoms with Crippen molar-refractivity contribution in [2.45, 2.75) is 19.9 Å². The maximum absolute atomic E-state index is 11.9. The van der Waals surface area contributed by atoms with Crippen molar-refractivity contribution in [2.75, 3.05) is 20.1 Å². The number of benzene rings is 1. The van der Waals surface area contributed by atoms with Crippen molar-refractivity contribution in [1.82, 2.24) is 16.0 Å². The first-order valence-electron chi connectivity index (χ1n) is 8.22. The molecule has 0 aliphatic carbocycles. The number of nitrogens with zero attached hydrogens (tertiary/aromatic N) is 1. The van der Waals surface area contributed by atoms with Gasteiger partial charge in [-0.15, -0.1) is 0 Å². The van der Waals surface area contributed by atoms with Crippen LogP contribution in [0, 0.1) is 6.92 Å². The van der Waals surface area contributed by atoms with E-state index in [2.05, 4.69) is 20.9 Å². The van der Waals surface area contributed by atoms with E-state index < -0.39 is 0 Å². The molecule has 0 saturated carbocycles. The maximum atomic E-state index is 11.9. The lowest BCUT2D eigenvalue weighted by Crippen LogP contribution is -2.38. The molecule has 0 atom stereocenters. The van der Waals surface area contributed by atoms with E-state index >= 15 is 0 Å². The number of hydrogen-bond donors (Lipinski definition) is 3. The van der Waals surface area contributed by atoms with Crippen molar-refractivity contribution in [1.29, 1.82) is 0 Å². The minimum Gasteiger partial charge on any atom is -0.459 e. The molecular weight excluding hydrogens is 375 g/mol. The molecule has 3 N–H and O–H groups in total. The van der Waals surface area contributed by atoms with Crippen molar-refractivity contribution in [2.24, 2.45) is 4.99 Å². The van der Waals surface area contributed by atoms with Crippen molar-refractivity contribution in [3.63, 3.8) is 0 Å². The molecule has 8 heteroatoms. The van der Waals surface area contributed by atoms with Crippen LogP contribution < -0.4 is 16.0 Å². The summed E-state index contributed by atoms with van der Waals surface area (Å²) in [5.74, 6) is 0.812. The predicted molar refractivity (Wildman–Crippen MR) is 105 cm³/mol. The Morgan fingerprint density at radius 1 is 1.15 bits per heavy atom. The molecule has 1 aromatic carbocycles. The normalized spacial score (nSPS) is 11.3. The average molecular weight is 397 g/mol. The van der Waals surface area contributed by atoms with Gasteiger partial charge in [-0.25, -0.2) is 0 Å². The second-order valence-electron chi connectivity index (χ2n) is 5.63. The molecule has 1 heterocycles. The summed E-state index contributed by atoms with van der Waals surface area (Å²) in [6, 6.07) is 7.14. The molecule has 0 bridgehead atoms. The summed E-state index contributed by atoms with van der Waals surface area (Å²) < 4.78 is 5.15. The van der Waals surface area contributed by atoms with Crippen molar-refractivity contribution >= 4 is 35.1 Å². The molecule has 1 amide bonds. The standard InChI is InChI=1S/C18H22Cl2N4O2/c1-12-6-9-26-16(12)17(25)22-7-3-8-23-18(21-2)24-11-13-4-5-14(19)10-15(13)20/h4-6,9-10H,3,7-8,11H2,1-2H3,(H,22,25)(H2,21,23,24). The Morgan fingerprint density at radius 2 is 1.92 bits per heavy atom. The lowest BCUT2D eigenvalue weighted by Gasteiger charge is -2.13. The van der Waals surface area contributed by atoms with E-state index in [9.17, 15) is 4.79 Å². The van der Waals surface area contributed by atoms with Crippen LogP contribution in [0.3, 0.4) is 0 Å². The Labute approximate surface area is 163 Å². The van der Waals surface area contributed by atoms with Gasteiger partial charge >= 0.3 is 0 Å². The molecule has 2 aromatic rings. The lowest BCUT2D eigenvalue weighted by molar-refractivity contribution is 0.0925. The van der Waals surface area contributed by atoms with Gasteiger partial charge in [0.1, 0.15) is 0 Å². The second kappa shape index (κ2) is 10.1. The van der Waals surface area contributed by atoms with E-state index in [1.807, 2.05) is 13.0 Å². The molecule has 6 nitrogen and oxygen atoms in total. The Morgan fingerprint density at radius 3 is 2.58 bits per heavy atom. The van der Waals surface area contributed by atoms with Gasteiger partial charge in [-0.1, -0.05) is 29.3 Å². The SMILES string of the molecule is CN=C(NCCCNC(=O)c1occc1C)NCc1ccc(Cl)cc1Cl. The minimum absolute atomic E-state index is 0.201. The van der Waals surface area contributed by atoms with Gasteiger partial charge in [-0.05, 0) is 37.1 Å². The average Bonchev–Trinajstić information content (AvgIpc) is 3.04. The molecule has 0 aliphatic heterocycles. The topological polar surface area (TPSA) is 78.7 Å². The van der Waals surface area contributed by atoms with Crippen LogP contribution in [0.15, 0.2) is 39.9 Å². The van der Waals surface area contributed by atoms with E-state index in [4.69, 9.17) is 27.6 Å². The van der Waals surface area contributed by atoms with E-state index in [-0.39, 0.29) is 5.91 Å². The quantitative estimate of drug-likeness (QED) is 0.380. The molecule has 0 saturated heterocycles. The number of carbonyl (C=O) groups excluding carboxylic acids is 1. The first-order valence-corrected chi connectivity index (χ1v) is 8.97. The van der Waals surface area contributed by atoms with Crippen molar-refractivity contribution in [3.8, 4) is 0 Å². The number of halogens is 2. The number of furan rings is 1. The molecule has 0 fully saturated rings. The number of aryl methyl sites for hydroxylation is 1. The Kier molecular flexibility index (Phi) is 7.81. The zero-order valence-corrected chi connectivity index (χ0v) is 16.2. The van der Waals surface area contributed by atoms with Gasteiger partial charge in [0.2, 0.25) is 0 Å². The van der Waals surface area contributed by atoms with Gasteiger partial charge in [-0.2, -0.15) is 0 Å². The van der Waals surface area contributed by atoms with E-state index in [0.717, 1.165) is 17.5 Å². The third kappa shape index (κ3) is 5.97. The first-order chi connectivity index (χ1) is 12.5. The van der Waals surface area contributed by atoms with Gasteiger partial charge in [0, 0.05) is 42.3 Å². The number of nitrogens with one attached hydrogen (secondary N) is 3. The number of aliphatic imine (C=N–C) groups is 1. The van der Waals surface area contributed by atoms with Gasteiger partial charge in [0.15, 0.2) is 11.7 Å². The summed E-state index contributed by atoms with van der Waals surface area (Å²) in [4.78, 5) is 16.1. The lowest BCUT2D eigenvalue weighted by atomic mass is 10.2. The highest BCUT2D eigenvalue weighted by atomic mass is 35.5. The zero-order chi connectivity index (χ0) is 18.9. The molecule has 0 unspecified atom stereocenters. The smallest absolute Gasteiger partial charge is 0.287 e. The van der Waals surface area contributed by atoms with E-state index in [1.165, 1.54) is 6.26 Å². The van der Waals surface area contributed by atoms with Crippen LogP contribution in [0.25, 0.3) is 0 Å². The molecule has 140 valence electrons. The fourth-order valence-corrected chi connectivity index (χ4v) is 2.72. The van der Waals surface area contributed by atoms with Gasteiger partial charge in [0.25, 0.3) is 5.91 Å². The largest absolute Gasteiger partial charge is 0.459 e. The number of amides is 1. The van der Waals surface area contributed by atoms with Crippen LogP contribution in [0.4, 0.5) is 0 Å². The van der Waals surface area contributed by atoms with E-state index in [0.29, 0.717) is 41.4 Å². The molecule has 26 heavy (non-hydrogen) atoms. The molecule has 0 aliphatic rings. The highest BCUT2D eigenvalue weighted by molar-refractivity contribution is 6.35. The number of carbonyl (C=O) groups is 1. The van der Waals surface area contributed by atoms with E-state index in [1.54, 1.807) is 25.2 Å². The van der Waals surface area contributed by atoms with Crippen LogP contribution in [0.1, 0.15) is 28.1 Å². The van der Waals surface area contributed by atoms with Crippen LogP contribution in [-0.2, 0) is 6.54 Å². The number of hydrogen-bond acceptors (Lipinski definition) is 3. The summed E-state index contributed by atoms with van der Waals surface area (Å²) >= 11 is 12.0. The summed E-state index contributed by atoms with van der Waals surface area (Å²) in [5, 5.41) is 10.4. The van der Waals surface area contributed by atoms with Crippen LogP contribution in [-0.4, -0.2) is 32.0 Å². The maximum Gasteiger partial charge on any atom is 0.287 e. The monoisotopic (exact) mass is 396 g/mol. The summed E-state index contributed by atoms with van der Waals surface area (Å²) in [6.45, 7) is 3.56. The Balaban J connectivity index is 1.67. The zero-order valence-electron chi connectivity index (χ0n) is 14.7. The number of rotatable bonds is 7. The van der Waals surface area contributed by atoms with Crippen LogP contribution >= 0.6 is 23.2 Å². The van der Waals surface area contributed by atoms with Crippen molar-refractivity contribution < 1.29 is 9.21 Å². The Bertz CT molecular complexity index is 774. The highest BCUT2D eigenvalue weighted by Gasteiger charge is 2.11. The Hall–Kier alpha value is -2.18. The fourth-order valence-electron chi connectivity index (χ4n) is 2.25. The predicted octanol–water partition coefficient (Wildman–Crippen LogP) is 3.38. The van der Waals surface area contributed by atoms with Crippen molar-refractivity contribution in [3.05, 3.63) is 57.5 Å². The highest BCUT2D eigenvalue weighted by Crippen LogP contribution is 2.20. The molecule has 0 spiro atoms. The number of guanidine groups is 1. The molecule has 0 radical (unpaired) electrons.